The first-order valence-corrected chi connectivity index (χ1v) is 8.02. The number of hydrogen-bond acceptors (Lipinski definition) is 4. The Kier molecular flexibility index (Phi) is 3.78. The van der Waals surface area contributed by atoms with Crippen molar-refractivity contribution in [2.75, 3.05) is 0 Å². The van der Waals surface area contributed by atoms with Crippen molar-refractivity contribution in [3.8, 4) is 0 Å². The fraction of sp³-hybridized carbons (Fsp3) is 0.444. The van der Waals surface area contributed by atoms with Gasteiger partial charge in [0.25, 0.3) is 5.91 Å². The molecule has 6 nitrogen and oxygen atoms in total. The summed E-state index contributed by atoms with van der Waals surface area (Å²) in [7, 11) is 0. The highest BCUT2D eigenvalue weighted by atomic mass is 16.2. The van der Waals surface area contributed by atoms with Crippen LogP contribution in [-0.4, -0.2) is 23.4 Å². The first kappa shape index (κ1) is 16.4. The molecule has 2 amide bonds. The van der Waals surface area contributed by atoms with Gasteiger partial charge in [-0.25, -0.2) is 0 Å². The molecule has 0 heterocycles. The highest BCUT2D eigenvalue weighted by Crippen LogP contribution is 2.62. The van der Waals surface area contributed by atoms with Gasteiger partial charge < -0.3 is 0 Å². The van der Waals surface area contributed by atoms with Gasteiger partial charge in [-0.1, -0.05) is 44.2 Å². The molecule has 0 aliphatic heterocycles. The Bertz CT molecular complexity index is 726. The zero-order valence-corrected chi connectivity index (χ0v) is 13.7. The molecule has 2 atom stereocenters. The Hall–Kier alpha value is -2.50. The van der Waals surface area contributed by atoms with E-state index in [1.165, 1.54) is 0 Å². The summed E-state index contributed by atoms with van der Waals surface area (Å²) in [5, 5.41) is 0. The highest BCUT2D eigenvalue weighted by molar-refractivity contribution is 6.47. The summed E-state index contributed by atoms with van der Waals surface area (Å²) in [6.07, 6.45) is 0.992. The van der Waals surface area contributed by atoms with Crippen LogP contribution in [0.2, 0.25) is 0 Å². The first-order valence-electron chi connectivity index (χ1n) is 8.02. The van der Waals surface area contributed by atoms with Crippen molar-refractivity contribution in [1.82, 2.24) is 10.9 Å². The Labute approximate surface area is 140 Å². The van der Waals surface area contributed by atoms with Gasteiger partial charge in [-0.2, -0.15) is 0 Å². The molecule has 2 aliphatic carbocycles. The average Bonchev–Trinajstić information content (AvgIpc) is 2.90. The molecule has 2 saturated carbocycles. The normalized spacial score (nSPS) is 27.2. The van der Waals surface area contributed by atoms with Gasteiger partial charge in [-0.3, -0.25) is 30.0 Å². The highest BCUT2D eigenvalue weighted by Gasteiger charge is 2.72. The van der Waals surface area contributed by atoms with E-state index in [-0.39, 0.29) is 12.3 Å². The SMILES string of the molecule is CC1(C)C2CCC1(C(=O)NNC(=O)Cc1ccccc1)C(=O)C2=O. The minimum Gasteiger partial charge on any atom is -0.291 e. The molecule has 0 aromatic heterocycles. The largest absolute Gasteiger partial charge is 0.291 e. The molecule has 3 rings (SSSR count). The van der Waals surface area contributed by atoms with E-state index in [4.69, 9.17) is 0 Å². The molecule has 2 aliphatic rings. The molecular weight excluding hydrogens is 308 g/mol. The summed E-state index contributed by atoms with van der Waals surface area (Å²) in [6.45, 7) is 3.55. The monoisotopic (exact) mass is 328 g/mol. The second kappa shape index (κ2) is 5.54. The lowest BCUT2D eigenvalue weighted by Gasteiger charge is -2.33. The van der Waals surface area contributed by atoms with E-state index >= 15 is 0 Å². The van der Waals surface area contributed by atoms with E-state index in [9.17, 15) is 19.2 Å². The number of hydrogen-bond donors (Lipinski definition) is 2. The van der Waals surface area contributed by atoms with Gasteiger partial charge in [0.2, 0.25) is 17.5 Å². The van der Waals surface area contributed by atoms with Crippen molar-refractivity contribution in [3.05, 3.63) is 35.9 Å². The molecule has 24 heavy (non-hydrogen) atoms. The van der Waals surface area contributed by atoms with Gasteiger partial charge in [0, 0.05) is 5.92 Å². The lowest BCUT2D eigenvalue weighted by atomic mass is 9.68. The predicted octanol–water partition coefficient (Wildman–Crippen LogP) is 0.951. The molecule has 6 heteroatoms. The van der Waals surface area contributed by atoms with Crippen LogP contribution in [0.25, 0.3) is 0 Å². The zero-order valence-electron chi connectivity index (χ0n) is 13.7. The number of hydrazine groups is 1. The van der Waals surface area contributed by atoms with E-state index in [1.807, 2.05) is 30.3 Å². The molecule has 2 fully saturated rings. The number of carbonyl (C=O) groups is 4. The van der Waals surface area contributed by atoms with Crippen molar-refractivity contribution in [3.63, 3.8) is 0 Å². The summed E-state index contributed by atoms with van der Waals surface area (Å²) in [5.74, 6) is -2.46. The summed E-state index contributed by atoms with van der Waals surface area (Å²) in [6, 6.07) is 9.12. The van der Waals surface area contributed by atoms with Gasteiger partial charge in [-0.15, -0.1) is 0 Å². The third-order valence-electron chi connectivity index (χ3n) is 5.62. The van der Waals surface area contributed by atoms with Crippen LogP contribution in [0.3, 0.4) is 0 Å². The van der Waals surface area contributed by atoms with Crippen molar-refractivity contribution in [2.45, 2.75) is 33.1 Å². The van der Waals surface area contributed by atoms with Crippen molar-refractivity contribution >= 4 is 23.4 Å². The topological polar surface area (TPSA) is 92.3 Å². The molecule has 0 saturated heterocycles. The molecule has 1 aromatic carbocycles. The van der Waals surface area contributed by atoms with E-state index in [0.29, 0.717) is 12.8 Å². The number of benzene rings is 1. The third-order valence-corrected chi connectivity index (χ3v) is 5.62. The molecule has 0 radical (unpaired) electrons. The lowest BCUT2D eigenvalue weighted by molar-refractivity contribution is -0.150. The molecule has 0 spiro atoms. The Morgan fingerprint density at radius 3 is 2.38 bits per heavy atom. The molecule has 2 bridgehead atoms. The fourth-order valence-electron chi connectivity index (χ4n) is 4.14. The van der Waals surface area contributed by atoms with Crippen LogP contribution in [-0.2, 0) is 25.6 Å². The van der Waals surface area contributed by atoms with E-state index < -0.39 is 34.2 Å². The predicted molar refractivity (Wildman–Crippen MR) is 85.4 cm³/mol. The Morgan fingerprint density at radius 1 is 1.12 bits per heavy atom. The zero-order chi connectivity index (χ0) is 17.5. The van der Waals surface area contributed by atoms with Crippen LogP contribution < -0.4 is 10.9 Å². The summed E-state index contributed by atoms with van der Waals surface area (Å²) >= 11 is 0. The number of rotatable bonds is 3. The third kappa shape index (κ3) is 2.17. The molecule has 1 aromatic rings. The number of fused-ring (bicyclic) bond motifs is 2. The maximum Gasteiger partial charge on any atom is 0.253 e. The smallest absolute Gasteiger partial charge is 0.253 e. The summed E-state index contributed by atoms with van der Waals surface area (Å²) in [5.41, 5.74) is 3.44. The standard InChI is InChI=1S/C18H20N2O4/c1-17(2)12-8-9-18(17,15(23)14(12)22)16(24)20-19-13(21)10-11-6-4-3-5-7-11/h3-7,12H,8-10H2,1-2H3,(H,19,21)(H,20,24). The van der Waals surface area contributed by atoms with Crippen LogP contribution in [0, 0.1) is 16.7 Å². The Balaban J connectivity index is 1.68. The van der Waals surface area contributed by atoms with Gasteiger partial charge in [-0.05, 0) is 23.8 Å². The van der Waals surface area contributed by atoms with Gasteiger partial charge >= 0.3 is 0 Å². The number of nitrogens with one attached hydrogen (secondary N) is 2. The molecule has 2 unspecified atom stereocenters. The second-order valence-corrected chi connectivity index (χ2v) is 7.08. The number of carbonyl (C=O) groups excluding carboxylic acids is 4. The van der Waals surface area contributed by atoms with Gasteiger partial charge in [0.05, 0.1) is 6.42 Å². The average molecular weight is 328 g/mol. The number of Topliss-reactive ketones (excluding diaryl/α,β-unsaturated/α-hetero) is 2. The van der Waals surface area contributed by atoms with Crippen molar-refractivity contribution in [1.29, 1.82) is 0 Å². The minimum absolute atomic E-state index is 0.118. The van der Waals surface area contributed by atoms with Crippen LogP contribution in [0.15, 0.2) is 30.3 Å². The van der Waals surface area contributed by atoms with Crippen LogP contribution in [0.4, 0.5) is 0 Å². The number of ketones is 2. The first-order chi connectivity index (χ1) is 11.3. The van der Waals surface area contributed by atoms with Crippen LogP contribution in [0.1, 0.15) is 32.3 Å². The van der Waals surface area contributed by atoms with E-state index in [1.54, 1.807) is 13.8 Å². The summed E-state index contributed by atoms with van der Waals surface area (Å²) in [4.78, 5) is 49.0. The van der Waals surface area contributed by atoms with Gasteiger partial charge in [0.15, 0.2) is 0 Å². The summed E-state index contributed by atoms with van der Waals surface area (Å²) < 4.78 is 0. The fourth-order valence-corrected chi connectivity index (χ4v) is 4.14. The minimum atomic E-state index is -1.37. The maximum absolute atomic E-state index is 12.7. The van der Waals surface area contributed by atoms with Crippen molar-refractivity contribution < 1.29 is 19.2 Å². The Morgan fingerprint density at radius 2 is 1.79 bits per heavy atom. The second-order valence-electron chi connectivity index (χ2n) is 7.08. The quantitative estimate of drug-likeness (QED) is 0.491. The van der Waals surface area contributed by atoms with E-state index in [2.05, 4.69) is 10.9 Å². The van der Waals surface area contributed by atoms with E-state index in [0.717, 1.165) is 5.56 Å². The van der Waals surface area contributed by atoms with Crippen LogP contribution in [0.5, 0.6) is 0 Å². The number of amides is 2. The molecule has 126 valence electrons. The van der Waals surface area contributed by atoms with Crippen molar-refractivity contribution in [2.24, 2.45) is 16.7 Å². The molecular formula is C18H20N2O4. The van der Waals surface area contributed by atoms with Gasteiger partial charge in [0.1, 0.15) is 5.41 Å². The maximum atomic E-state index is 12.7. The molecule has 2 N–H and O–H groups in total. The lowest BCUT2D eigenvalue weighted by Crippen LogP contribution is -2.55. The van der Waals surface area contributed by atoms with Crippen LogP contribution >= 0.6 is 0 Å².